The average Bonchev–Trinajstić information content (AvgIpc) is 2.33. The van der Waals surface area contributed by atoms with Crippen LogP contribution in [0.3, 0.4) is 0 Å². The van der Waals surface area contributed by atoms with Crippen LogP contribution in [0.5, 0.6) is 0 Å². The second-order valence-electron chi connectivity index (χ2n) is 3.89. The first-order chi connectivity index (χ1) is 7.06. The fraction of sp³-hybridized carbons (Fsp3) is 0.800. The first kappa shape index (κ1) is 12.0. The summed E-state index contributed by atoms with van der Waals surface area (Å²) < 4.78 is 4.59. The lowest BCUT2D eigenvalue weighted by atomic mass is 10.1. The van der Waals surface area contributed by atoms with E-state index in [9.17, 15) is 9.59 Å². The lowest BCUT2D eigenvalue weighted by molar-refractivity contribution is -0.146. The molecule has 1 fully saturated rings. The van der Waals surface area contributed by atoms with Gasteiger partial charge in [0.1, 0.15) is 0 Å². The van der Waals surface area contributed by atoms with Crippen molar-refractivity contribution in [1.82, 2.24) is 9.80 Å². The summed E-state index contributed by atoms with van der Waals surface area (Å²) in [7, 11) is 4.98. The van der Waals surface area contributed by atoms with Gasteiger partial charge in [0.15, 0.2) is 0 Å². The van der Waals surface area contributed by atoms with Gasteiger partial charge in [-0.15, -0.1) is 0 Å². The molecule has 0 aromatic rings. The third-order valence-corrected chi connectivity index (χ3v) is 2.79. The number of likely N-dealkylation sites (N-methyl/N-ethyl adjacent to an activating group) is 2. The van der Waals surface area contributed by atoms with Gasteiger partial charge in [0.25, 0.3) is 0 Å². The van der Waals surface area contributed by atoms with Crippen LogP contribution >= 0.6 is 0 Å². The number of carbonyl (C=O) groups excluding carboxylic acids is 2. The van der Waals surface area contributed by atoms with Crippen molar-refractivity contribution in [1.29, 1.82) is 0 Å². The van der Waals surface area contributed by atoms with Gasteiger partial charge in [-0.1, -0.05) is 0 Å². The number of methoxy groups -OCH3 is 1. The predicted octanol–water partition coefficient (Wildman–Crippen LogP) is -0.288. The molecule has 0 radical (unpaired) electrons. The van der Waals surface area contributed by atoms with Crippen molar-refractivity contribution in [2.75, 3.05) is 34.3 Å². The van der Waals surface area contributed by atoms with Crippen LogP contribution in [0.4, 0.5) is 0 Å². The zero-order valence-electron chi connectivity index (χ0n) is 9.52. The average molecular weight is 214 g/mol. The Balaban J connectivity index is 2.71. The fourth-order valence-electron chi connectivity index (χ4n) is 1.75. The highest BCUT2D eigenvalue weighted by atomic mass is 16.5. The van der Waals surface area contributed by atoms with Crippen molar-refractivity contribution in [2.45, 2.75) is 18.9 Å². The summed E-state index contributed by atoms with van der Waals surface area (Å²) in [4.78, 5) is 26.7. The standard InChI is InChI=1S/C10H18N2O3/c1-11-5-4-6-12(2)10(14)8(11)7-9(13)15-3/h8H,4-7H2,1-3H3. The topological polar surface area (TPSA) is 49.9 Å². The van der Waals surface area contributed by atoms with E-state index < -0.39 is 0 Å². The molecular formula is C10H18N2O3. The van der Waals surface area contributed by atoms with Crippen LogP contribution in [0.15, 0.2) is 0 Å². The van der Waals surface area contributed by atoms with E-state index in [2.05, 4.69) is 4.74 Å². The lowest BCUT2D eigenvalue weighted by Crippen LogP contribution is -2.44. The highest BCUT2D eigenvalue weighted by molar-refractivity contribution is 5.86. The highest BCUT2D eigenvalue weighted by Crippen LogP contribution is 2.11. The second-order valence-corrected chi connectivity index (χ2v) is 3.89. The van der Waals surface area contributed by atoms with Gasteiger partial charge in [0, 0.05) is 20.1 Å². The number of amides is 1. The zero-order chi connectivity index (χ0) is 11.4. The molecule has 0 aromatic carbocycles. The van der Waals surface area contributed by atoms with Gasteiger partial charge in [0.2, 0.25) is 5.91 Å². The molecule has 0 bridgehead atoms. The van der Waals surface area contributed by atoms with E-state index in [-0.39, 0.29) is 24.3 Å². The van der Waals surface area contributed by atoms with E-state index in [0.29, 0.717) is 0 Å². The van der Waals surface area contributed by atoms with E-state index in [0.717, 1.165) is 19.5 Å². The highest BCUT2D eigenvalue weighted by Gasteiger charge is 2.30. The second kappa shape index (κ2) is 5.11. The van der Waals surface area contributed by atoms with Crippen LogP contribution < -0.4 is 0 Å². The molecule has 1 aliphatic heterocycles. The molecule has 0 saturated carbocycles. The van der Waals surface area contributed by atoms with Crippen LogP contribution in [0.25, 0.3) is 0 Å². The summed E-state index contributed by atoms with van der Waals surface area (Å²) in [6, 6.07) is -0.370. The molecule has 1 saturated heterocycles. The minimum Gasteiger partial charge on any atom is -0.469 e. The van der Waals surface area contributed by atoms with Crippen molar-refractivity contribution >= 4 is 11.9 Å². The summed E-state index contributed by atoms with van der Waals surface area (Å²) in [6.07, 6.45) is 1.08. The van der Waals surface area contributed by atoms with Gasteiger partial charge in [-0.05, 0) is 13.5 Å². The van der Waals surface area contributed by atoms with Crippen LogP contribution in [0.2, 0.25) is 0 Å². The van der Waals surface area contributed by atoms with Gasteiger partial charge in [-0.2, -0.15) is 0 Å². The number of esters is 1. The number of ether oxygens (including phenoxy) is 1. The largest absolute Gasteiger partial charge is 0.469 e. The maximum Gasteiger partial charge on any atom is 0.307 e. The molecule has 15 heavy (non-hydrogen) atoms. The maximum absolute atomic E-state index is 11.9. The lowest BCUT2D eigenvalue weighted by Gasteiger charge is -2.25. The Morgan fingerprint density at radius 2 is 2.13 bits per heavy atom. The Labute approximate surface area is 90.0 Å². The third-order valence-electron chi connectivity index (χ3n) is 2.79. The van der Waals surface area contributed by atoms with Crippen LogP contribution in [0.1, 0.15) is 12.8 Å². The molecular weight excluding hydrogens is 196 g/mol. The zero-order valence-corrected chi connectivity index (χ0v) is 9.52. The first-order valence-electron chi connectivity index (χ1n) is 5.08. The SMILES string of the molecule is COC(=O)CC1C(=O)N(C)CCCN1C. The van der Waals surface area contributed by atoms with Gasteiger partial charge >= 0.3 is 5.97 Å². The summed E-state index contributed by atoms with van der Waals surface area (Å²) >= 11 is 0. The number of hydrogen-bond donors (Lipinski definition) is 0. The Hall–Kier alpha value is -1.10. The van der Waals surface area contributed by atoms with Crippen molar-refractivity contribution in [3.05, 3.63) is 0 Å². The van der Waals surface area contributed by atoms with Crippen LogP contribution in [0, 0.1) is 0 Å². The molecule has 86 valence electrons. The van der Waals surface area contributed by atoms with Gasteiger partial charge in [0.05, 0.1) is 19.6 Å². The molecule has 5 heteroatoms. The van der Waals surface area contributed by atoms with E-state index in [1.54, 1.807) is 11.9 Å². The van der Waals surface area contributed by atoms with E-state index in [1.807, 2.05) is 11.9 Å². The van der Waals surface area contributed by atoms with Crippen LogP contribution in [-0.2, 0) is 14.3 Å². The molecule has 1 rings (SSSR count). The number of hydrogen-bond acceptors (Lipinski definition) is 4. The Morgan fingerprint density at radius 3 is 2.73 bits per heavy atom. The first-order valence-corrected chi connectivity index (χ1v) is 5.08. The molecule has 1 atom stereocenters. The van der Waals surface area contributed by atoms with Crippen molar-refractivity contribution in [2.24, 2.45) is 0 Å². The monoisotopic (exact) mass is 214 g/mol. The van der Waals surface area contributed by atoms with E-state index in [1.165, 1.54) is 7.11 Å². The molecule has 0 aliphatic carbocycles. The van der Waals surface area contributed by atoms with Crippen molar-refractivity contribution < 1.29 is 14.3 Å². The molecule has 1 heterocycles. The molecule has 1 aliphatic rings. The Bertz CT molecular complexity index is 255. The summed E-state index contributed by atoms with van der Waals surface area (Å²) in [5.41, 5.74) is 0. The Morgan fingerprint density at radius 1 is 1.47 bits per heavy atom. The molecule has 0 spiro atoms. The predicted molar refractivity (Wildman–Crippen MR) is 55.3 cm³/mol. The van der Waals surface area contributed by atoms with Crippen molar-refractivity contribution in [3.63, 3.8) is 0 Å². The van der Waals surface area contributed by atoms with E-state index >= 15 is 0 Å². The third kappa shape index (κ3) is 2.92. The molecule has 5 nitrogen and oxygen atoms in total. The molecule has 0 aromatic heterocycles. The van der Waals surface area contributed by atoms with Crippen LogP contribution in [-0.4, -0.2) is 62.0 Å². The normalized spacial score (nSPS) is 23.8. The summed E-state index contributed by atoms with van der Waals surface area (Å²) in [5.74, 6) is -0.337. The van der Waals surface area contributed by atoms with Gasteiger partial charge in [-0.3, -0.25) is 14.5 Å². The number of nitrogens with zero attached hydrogens (tertiary/aromatic N) is 2. The summed E-state index contributed by atoms with van der Waals surface area (Å²) in [6.45, 7) is 1.58. The smallest absolute Gasteiger partial charge is 0.307 e. The minimum atomic E-state index is -0.370. The molecule has 1 amide bonds. The number of rotatable bonds is 2. The fourth-order valence-corrected chi connectivity index (χ4v) is 1.75. The number of carbonyl (C=O) groups is 2. The molecule has 0 N–H and O–H groups in total. The maximum atomic E-state index is 11.9. The summed E-state index contributed by atoms with van der Waals surface area (Å²) in [5, 5.41) is 0. The quantitative estimate of drug-likeness (QED) is 0.593. The van der Waals surface area contributed by atoms with Crippen molar-refractivity contribution in [3.8, 4) is 0 Å². The Kier molecular flexibility index (Phi) is 4.08. The van der Waals surface area contributed by atoms with Gasteiger partial charge in [-0.25, -0.2) is 0 Å². The minimum absolute atomic E-state index is 0.000370. The van der Waals surface area contributed by atoms with Gasteiger partial charge < -0.3 is 9.64 Å². The molecule has 1 unspecified atom stereocenters. The van der Waals surface area contributed by atoms with E-state index in [4.69, 9.17) is 0 Å².